The summed E-state index contributed by atoms with van der Waals surface area (Å²) in [6.45, 7) is 0. The standard InChI is InChI=1S/C15H14N6O2S/c1-16-13(22)7-10-9-24-15(18-10)19-14(23)12-8-17-21(20-12)11-5-3-2-4-6-11/h2-6,8-9H,7H2,1H3,(H,16,22)(H,18,19,23). The zero-order chi connectivity index (χ0) is 16.9. The molecule has 122 valence electrons. The van der Waals surface area contributed by atoms with Crippen LogP contribution in [0.5, 0.6) is 0 Å². The van der Waals surface area contributed by atoms with E-state index in [9.17, 15) is 9.59 Å². The Morgan fingerprint density at radius 2 is 2.04 bits per heavy atom. The van der Waals surface area contributed by atoms with Gasteiger partial charge in [0, 0.05) is 12.4 Å². The van der Waals surface area contributed by atoms with Crippen molar-refractivity contribution in [2.45, 2.75) is 6.42 Å². The highest BCUT2D eigenvalue weighted by molar-refractivity contribution is 7.14. The minimum Gasteiger partial charge on any atom is -0.359 e. The molecule has 24 heavy (non-hydrogen) atoms. The highest BCUT2D eigenvalue weighted by atomic mass is 32.1. The highest BCUT2D eigenvalue weighted by Crippen LogP contribution is 2.16. The largest absolute Gasteiger partial charge is 0.359 e. The molecule has 0 aliphatic carbocycles. The lowest BCUT2D eigenvalue weighted by atomic mass is 10.3. The maximum atomic E-state index is 12.2. The van der Waals surface area contributed by atoms with Gasteiger partial charge < -0.3 is 5.32 Å². The van der Waals surface area contributed by atoms with Crippen molar-refractivity contribution in [1.82, 2.24) is 25.3 Å². The molecule has 0 aliphatic heterocycles. The fourth-order valence-electron chi connectivity index (χ4n) is 1.91. The van der Waals surface area contributed by atoms with E-state index in [1.165, 1.54) is 22.3 Å². The minimum atomic E-state index is -0.405. The molecule has 0 unspecified atom stereocenters. The van der Waals surface area contributed by atoms with Crippen LogP contribution in [0.15, 0.2) is 41.9 Å². The number of para-hydroxylation sites is 1. The quantitative estimate of drug-likeness (QED) is 0.727. The number of benzene rings is 1. The molecule has 0 radical (unpaired) electrons. The molecule has 8 nitrogen and oxygen atoms in total. The normalized spacial score (nSPS) is 10.4. The molecule has 3 aromatic rings. The van der Waals surface area contributed by atoms with Gasteiger partial charge in [-0.25, -0.2) is 4.98 Å². The topological polar surface area (TPSA) is 102 Å². The summed E-state index contributed by atoms with van der Waals surface area (Å²) in [4.78, 5) is 29.1. The number of rotatable bonds is 5. The Morgan fingerprint density at radius 1 is 1.25 bits per heavy atom. The van der Waals surface area contributed by atoms with Gasteiger partial charge in [-0.3, -0.25) is 14.9 Å². The van der Waals surface area contributed by atoms with Gasteiger partial charge in [-0.05, 0) is 12.1 Å². The first-order chi connectivity index (χ1) is 11.7. The van der Waals surface area contributed by atoms with E-state index in [0.29, 0.717) is 10.8 Å². The Labute approximate surface area is 141 Å². The molecule has 3 rings (SSSR count). The third kappa shape index (κ3) is 3.63. The number of hydrogen-bond acceptors (Lipinski definition) is 6. The summed E-state index contributed by atoms with van der Waals surface area (Å²) in [6.07, 6.45) is 1.56. The lowest BCUT2D eigenvalue weighted by Gasteiger charge is -1.99. The van der Waals surface area contributed by atoms with Crippen molar-refractivity contribution in [2.24, 2.45) is 0 Å². The summed E-state index contributed by atoms with van der Waals surface area (Å²) >= 11 is 1.25. The van der Waals surface area contributed by atoms with Crippen LogP contribution in [0.1, 0.15) is 16.2 Å². The van der Waals surface area contributed by atoms with Crippen LogP contribution < -0.4 is 10.6 Å². The third-order valence-electron chi connectivity index (χ3n) is 3.10. The van der Waals surface area contributed by atoms with Gasteiger partial charge >= 0.3 is 0 Å². The van der Waals surface area contributed by atoms with Gasteiger partial charge in [-0.15, -0.1) is 16.4 Å². The third-order valence-corrected chi connectivity index (χ3v) is 3.91. The second-order valence-corrected chi connectivity index (χ2v) is 5.66. The molecule has 2 amide bonds. The van der Waals surface area contributed by atoms with Gasteiger partial charge in [-0.1, -0.05) is 18.2 Å². The second-order valence-electron chi connectivity index (χ2n) is 4.80. The lowest BCUT2D eigenvalue weighted by Crippen LogP contribution is -2.20. The Bertz CT molecular complexity index is 858. The van der Waals surface area contributed by atoms with Crippen molar-refractivity contribution < 1.29 is 9.59 Å². The minimum absolute atomic E-state index is 0.135. The van der Waals surface area contributed by atoms with Crippen LogP contribution in [0, 0.1) is 0 Å². The van der Waals surface area contributed by atoms with Gasteiger partial charge in [0.05, 0.1) is 24.0 Å². The van der Waals surface area contributed by atoms with Crippen molar-refractivity contribution in [2.75, 3.05) is 12.4 Å². The molecule has 0 aliphatic rings. The molecule has 9 heteroatoms. The number of carbonyl (C=O) groups excluding carboxylic acids is 2. The monoisotopic (exact) mass is 342 g/mol. The predicted octanol–water partition coefficient (Wildman–Crippen LogP) is 1.26. The van der Waals surface area contributed by atoms with Gasteiger partial charge in [0.15, 0.2) is 10.8 Å². The van der Waals surface area contributed by atoms with Crippen LogP contribution in [0.3, 0.4) is 0 Å². The van der Waals surface area contributed by atoms with E-state index in [2.05, 4.69) is 25.8 Å². The van der Waals surface area contributed by atoms with Crippen LogP contribution in [-0.2, 0) is 11.2 Å². The fourth-order valence-corrected chi connectivity index (χ4v) is 2.62. The van der Waals surface area contributed by atoms with Crippen LogP contribution in [0.25, 0.3) is 5.69 Å². The average Bonchev–Trinajstić information content (AvgIpc) is 3.25. The Kier molecular flexibility index (Phi) is 4.62. The first-order valence-corrected chi connectivity index (χ1v) is 7.98. The first-order valence-electron chi connectivity index (χ1n) is 7.10. The summed E-state index contributed by atoms with van der Waals surface area (Å²) in [5.41, 5.74) is 1.54. The van der Waals surface area contributed by atoms with Crippen LogP contribution >= 0.6 is 11.3 Å². The van der Waals surface area contributed by atoms with Gasteiger partial charge in [0.25, 0.3) is 5.91 Å². The molecule has 2 N–H and O–H groups in total. The molecule has 2 aromatic heterocycles. The molecule has 0 saturated heterocycles. The summed E-state index contributed by atoms with van der Waals surface area (Å²) in [5.74, 6) is -0.540. The first kappa shape index (κ1) is 15.8. The molecule has 1 aromatic carbocycles. The number of nitrogens with one attached hydrogen (secondary N) is 2. The Balaban J connectivity index is 1.67. The van der Waals surface area contributed by atoms with E-state index in [4.69, 9.17) is 0 Å². The number of nitrogens with zero attached hydrogens (tertiary/aromatic N) is 4. The molecule has 0 fully saturated rings. The van der Waals surface area contributed by atoms with E-state index < -0.39 is 5.91 Å². The molecule has 0 atom stereocenters. The SMILES string of the molecule is CNC(=O)Cc1csc(NC(=O)c2cnn(-c3ccccc3)n2)n1. The number of likely N-dealkylation sites (N-methyl/N-ethyl adjacent to an activating group) is 1. The van der Waals surface area contributed by atoms with Crippen LogP contribution in [0.4, 0.5) is 5.13 Å². The van der Waals surface area contributed by atoms with Crippen molar-refractivity contribution >= 4 is 28.3 Å². The van der Waals surface area contributed by atoms with E-state index in [-0.39, 0.29) is 18.0 Å². The van der Waals surface area contributed by atoms with Crippen LogP contribution in [-0.4, -0.2) is 38.8 Å². The maximum Gasteiger partial charge on any atom is 0.279 e. The van der Waals surface area contributed by atoms with Crippen molar-refractivity contribution in [3.63, 3.8) is 0 Å². The summed E-state index contributed by atoms with van der Waals surface area (Å²) in [7, 11) is 1.56. The molecular formula is C15H14N6O2S. The van der Waals surface area contributed by atoms with Crippen molar-refractivity contribution in [3.05, 3.63) is 53.3 Å². The number of anilines is 1. The number of carbonyl (C=O) groups is 2. The number of hydrogen-bond donors (Lipinski definition) is 2. The molecule has 0 spiro atoms. The van der Waals surface area contributed by atoms with Gasteiger partial charge in [-0.2, -0.15) is 9.90 Å². The Morgan fingerprint density at radius 3 is 2.79 bits per heavy atom. The average molecular weight is 342 g/mol. The van der Waals surface area contributed by atoms with Crippen molar-refractivity contribution in [1.29, 1.82) is 0 Å². The van der Waals surface area contributed by atoms with Gasteiger partial charge in [0.2, 0.25) is 5.91 Å². The zero-order valence-corrected chi connectivity index (χ0v) is 13.6. The van der Waals surface area contributed by atoms with E-state index >= 15 is 0 Å². The fraction of sp³-hybridized carbons (Fsp3) is 0.133. The number of aromatic nitrogens is 4. The summed E-state index contributed by atoms with van der Waals surface area (Å²) < 4.78 is 0. The molecule has 2 heterocycles. The van der Waals surface area contributed by atoms with Gasteiger partial charge in [0.1, 0.15) is 0 Å². The smallest absolute Gasteiger partial charge is 0.279 e. The Hall–Kier alpha value is -3.07. The highest BCUT2D eigenvalue weighted by Gasteiger charge is 2.14. The van der Waals surface area contributed by atoms with E-state index in [1.54, 1.807) is 12.4 Å². The zero-order valence-electron chi connectivity index (χ0n) is 12.8. The number of thiazole rings is 1. The van der Waals surface area contributed by atoms with Crippen molar-refractivity contribution in [3.8, 4) is 5.69 Å². The number of amides is 2. The molecular weight excluding hydrogens is 328 g/mol. The van der Waals surface area contributed by atoms with E-state index in [1.807, 2.05) is 30.3 Å². The maximum absolute atomic E-state index is 12.2. The molecule has 0 saturated carbocycles. The summed E-state index contributed by atoms with van der Waals surface area (Å²) in [5, 5.41) is 15.5. The second kappa shape index (κ2) is 7.01. The predicted molar refractivity (Wildman–Crippen MR) is 89.2 cm³/mol. The van der Waals surface area contributed by atoms with E-state index in [0.717, 1.165) is 5.69 Å². The summed E-state index contributed by atoms with van der Waals surface area (Å²) in [6, 6.07) is 9.30. The lowest BCUT2D eigenvalue weighted by molar-refractivity contribution is -0.120. The van der Waals surface area contributed by atoms with Crippen LogP contribution in [0.2, 0.25) is 0 Å². The molecule has 0 bridgehead atoms.